The molecule has 1 saturated heterocycles. The molecule has 0 bridgehead atoms. The summed E-state index contributed by atoms with van der Waals surface area (Å²) < 4.78 is 56.7. The minimum atomic E-state index is -4.58. The molecule has 6 N–H and O–H groups in total. The Kier molecular flexibility index (Phi) is 5.67. The average Bonchev–Trinajstić information content (AvgIpc) is 2.59. The molecule has 1 unspecified atom stereocenters. The van der Waals surface area contributed by atoms with Crippen LogP contribution in [0.2, 0.25) is 0 Å². The molecular weight excluding hydrogens is 386 g/mol. The number of benzene rings is 1. The number of nitrogen functional groups attached to an aromatic ring is 1. The number of primary sulfonamides is 1. The first-order chi connectivity index (χ1) is 12.0. The molecule has 0 saturated carbocycles. The van der Waals surface area contributed by atoms with Crippen LogP contribution < -0.4 is 15.8 Å². The molecule has 1 aromatic carbocycles. The molecule has 1 aromatic rings. The molecule has 1 fully saturated rings. The third kappa shape index (κ3) is 3.86. The summed E-state index contributed by atoms with van der Waals surface area (Å²) in [7, 11) is -8.99. The number of nitrogens with one attached hydrogen (secondary N) is 1. The molecule has 2 rings (SSSR count). The third-order valence-corrected chi connectivity index (χ3v) is 6.14. The number of sulfonamides is 2. The number of aliphatic hydroxyl groups is 1. The van der Waals surface area contributed by atoms with Crippen molar-refractivity contribution in [2.75, 3.05) is 31.2 Å². The summed E-state index contributed by atoms with van der Waals surface area (Å²) in [4.78, 5) is 0.103. The molecule has 26 heavy (non-hydrogen) atoms. The van der Waals surface area contributed by atoms with Gasteiger partial charge in [-0.3, -0.25) is 5.41 Å². The number of amidine groups is 1. The maximum atomic E-state index is 12.1. The Morgan fingerprint density at radius 3 is 2.58 bits per heavy atom. The predicted octanol–water partition coefficient (Wildman–Crippen LogP) is -1.80. The Morgan fingerprint density at radius 1 is 1.42 bits per heavy atom. The molecule has 1 atom stereocenters. The number of morpholine rings is 1. The predicted molar refractivity (Wildman–Crippen MR) is 94.6 cm³/mol. The minimum absolute atomic E-state index is 0.186. The van der Waals surface area contributed by atoms with Crippen molar-refractivity contribution < 1.29 is 26.7 Å². The van der Waals surface area contributed by atoms with Gasteiger partial charge >= 0.3 is 0 Å². The second-order valence-electron chi connectivity index (χ2n) is 5.47. The van der Waals surface area contributed by atoms with Crippen molar-refractivity contribution in [1.82, 2.24) is 0 Å². The molecule has 144 valence electrons. The summed E-state index contributed by atoms with van der Waals surface area (Å²) in [6.45, 7) is 3.40. The van der Waals surface area contributed by atoms with E-state index in [1.54, 1.807) is 4.90 Å². The van der Waals surface area contributed by atoms with Crippen molar-refractivity contribution in [3.63, 3.8) is 0 Å². The fourth-order valence-electron chi connectivity index (χ4n) is 2.68. The van der Waals surface area contributed by atoms with E-state index in [1.165, 1.54) is 6.07 Å². The lowest BCUT2D eigenvalue weighted by Crippen LogP contribution is -2.45. The van der Waals surface area contributed by atoms with Crippen molar-refractivity contribution >= 4 is 38.3 Å². The summed E-state index contributed by atoms with van der Waals surface area (Å²) in [6, 6.07) is 2.33. The Morgan fingerprint density at radius 2 is 2.08 bits per heavy atom. The first kappa shape index (κ1) is 20.3. The van der Waals surface area contributed by atoms with E-state index >= 15 is 0 Å². The topological polar surface area (TPSA) is 189 Å². The van der Waals surface area contributed by atoms with Gasteiger partial charge in [0.15, 0.2) is 0 Å². The zero-order valence-corrected chi connectivity index (χ0v) is 15.3. The Labute approximate surface area is 150 Å². The highest BCUT2D eigenvalue weighted by Crippen LogP contribution is 2.33. The zero-order valence-electron chi connectivity index (χ0n) is 13.6. The SMILES string of the molecule is C=NS(=O)(=O)c1ccc(N2CCOC(CO)C2)c(C(=N)N)c1S(N)(=O)=O. The van der Waals surface area contributed by atoms with Gasteiger partial charge in [0.05, 0.1) is 24.9 Å². The molecular formula is C13H19N5O6S2. The second-order valence-corrected chi connectivity index (χ2v) is 8.62. The number of rotatable bonds is 6. The minimum Gasteiger partial charge on any atom is -0.394 e. The molecule has 1 aliphatic heterocycles. The lowest BCUT2D eigenvalue weighted by atomic mass is 10.1. The van der Waals surface area contributed by atoms with E-state index in [4.69, 9.17) is 21.0 Å². The summed E-state index contributed by atoms with van der Waals surface area (Å²) >= 11 is 0. The van der Waals surface area contributed by atoms with Gasteiger partial charge in [-0.1, -0.05) is 0 Å². The maximum Gasteiger partial charge on any atom is 0.283 e. The van der Waals surface area contributed by atoms with Crippen LogP contribution in [0.3, 0.4) is 0 Å². The van der Waals surface area contributed by atoms with Crippen LogP contribution in [0, 0.1) is 5.41 Å². The van der Waals surface area contributed by atoms with E-state index in [0.29, 0.717) is 6.54 Å². The lowest BCUT2D eigenvalue weighted by Gasteiger charge is -2.35. The van der Waals surface area contributed by atoms with E-state index in [1.807, 2.05) is 0 Å². The summed E-state index contributed by atoms with van der Waals surface area (Å²) in [6.07, 6.45) is -0.528. The van der Waals surface area contributed by atoms with Crippen molar-refractivity contribution in [3.8, 4) is 0 Å². The first-order valence-corrected chi connectivity index (χ1v) is 10.3. The number of hydrogen-bond donors (Lipinski definition) is 4. The molecule has 11 nitrogen and oxygen atoms in total. The van der Waals surface area contributed by atoms with E-state index in [9.17, 15) is 21.9 Å². The van der Waals surface area contributed by atoms with Gasteiger partial charge in [0, 0.05) is 25.5 Å². The highest BCUT2D eigenvalue weighted by Gasteiger charge is 2.32. The number of aliphatic hydroxyl groups excluding tert-OH is 1. The summed E-state index contributed by atoms with van der Waals surface area (Å²) in [5, 5.41) is 22.3. The molecule has 0 radical (unpaired) electrons. The fourth-order valence-corrected chi connectivity index (χ4v) is 4.91. The van der Waals surface area contributed by atoms with Gasteiger partial charge in [-0.15, -0.1) is 0 Å². The largest absolute Gasteiger partial charge is 0.394 e. The van der Waals surface area contributed by atoms with E-state index in [-0.39, 0.29) is 31.0 Å². The number of hydrogen-bond acceptors (Lipinski definition) is 8. The number of nitrogens with two attached hydrogens (primary N) is 2. The molecule has 0 spiro atoms. The van der Waals surface area contributed by atoms with Crippen LogP contribution in [0.15, 0.2) is 26.3 Å². The van der Waals surface area contributed by atoms with E-state index < -0.39 is 41.8 Å². The maximum absolute atomic E-state index is 12.1. The third-order valence-electron chi connectivity index (χ3n) is 3.78. The van der Waals surface area contributed by atoms with Gasteiger partial charge < -0.3 is 20.5 Å². The van der Waals surface area contributed by atoms with Crippen LogP contribution in [0.25, 0.3) is 0 Å². The van der Waals surface area contributed by atoms with E-state index in [2.05, 4.69) is 11.1 Å². The molecule has 1 heterocycles. The molecule has 1 aliphatic rings. The van der Waals surface area contributed by atoms with Crippen LogP contribution in [0.1, 0.15) is 5.56 Å². The monoisotopic (exact) mass is 405 g/mol. The van der Waals surface area contributed by atoms with Crippen molar-refractivity contribution in [2.45, 2.75) is 15.9 Å². The normalized spacial score (nSPS) is 18.5. The lowest BCUT2D eigenvalue weighted by molar-refractivity contribution is 0.00354. The van der Waals surface area contributed by atoms with Crippen LogP contribution in [-0.2, 0) is 24.8 Å². The molecule has 0 aliphatic carbocycles. The van der Waals surface area contributed by atoms with Gasteiger partial charge in [0.1, 0.15) is 15.6 Å². The number of ether oxygens (including phenoxy) is 1. The van der Waals surface area contributed by atoms with Crippen molar-refractivity contribution in [1.29, 1.82) is 5.41 Å². The average molecular weight is 405 g/mol. The van der Waals surface area contributed by atoms with Gasteiger partial charge in [0.2, 0.25) is 10.0 Å². The highest BCUT2D eigenvalue weighted by atomic mass is 32.2. The Bertz CT molecular complexity index is 944. The zero-order chi connectivity index (χ0) is 19.7. The summed E-state index contributed by atoms with van der Waals surface area (Å²) in [5.74, 6) is -0.683. The smallest absolute Gasteiger partial charge is 0.283 e. The molecule has 0 amide bonds. The Hall–Kier alpha value is -2.06. The number of nitrogens with zero attached hydrogens (tertiary/aromatic N) is 2. The number of anilines is 1. The molecule has 13 heteroatoms. The van der Waals surface area contributed by atoms with Crippen molar-refractivity contribution in [3.05, 3.63) is 17.7 Å². The van der Waals surface area contributed by atoms with Gasteiger partial charge in [-0.25, -0.2) is 13.6 Å². The fraction of sp³-hybridized carbons (Fsp3) is 0.385. The van der Waals surface area contributed by atoms with Gasteiger partial charge in [-0.05, 0) is 12.1 Å². The van der Waals surface area contributed by atoms with Crippen LogP contribution in [0.4, 0.5) is 5.69 Å². The second kappa shape index (κ2) is 7.28. The van der Waals surface area contributed by atoms with E-state index in [0.717, 1.165) is 6.07 Å². The van der Waals surface area contributed by atoms with Crippen LogP contribution in [0.5, 0.6) is 0 Å². The highest BCUT2D eigenvalue weighted by molar-refractivity contribution is 7.92. The Balaban J connectivity index is 2.81. The van der Waals surface area contributed by atoms with Gasteiger partial charge in [0.25, 0.3) is 10.0 Å². The first-order valence-electron chi connectivity index (χ1n) is 7.27. The van der Waals surface area contributed by atoms with Crippen LogP contribution >= 0.6 is 0 Å². The standard InChI is InChI=1S/C13H19N5O6S2/c1-17-26(22,23)10-3-2-9(18-4-5-24-8(6-18)7-19)11(13(14)15)12(10)25(16,20)21/h2-3,8,19H,1,4-7H2,(H3,14,15)(H2,16,20,21). The quantitative estimate of drug-likeness (QED) is 0.315. The summed E-state index contributed by atoms with van der Waals surface area (Å²) in [5.41, 5.74) is 5.39. The van der Waals surface area contributed by atoms with Crippen molar-refractivity contribution in [2.24, 2.45) is 15.3 Å². The van der Waals surface area contributed by atoms with Crippen LogP contribution in [-0.4, -0.2) is 66.9 Å². The van der Waals surface area contributed by atoms with Gasteiger partial charge in [-0.2, -0.15) is 12.8 Å². The molecule has 0 aromatic heterocycles.